The Morgan fingerprint density at radius 1 is 1.09 bits per heavy atom. The number of hydrogen-bond donors (Lipinski definition) is 3. The van der Waals surface area contributed by atoms with Crippen LogP contribution in [0.15, 0.2) is 48.7 Å². The number of sulfonamides is 1. The van der Waals surface area contributed by atoms with Crippen molar-refractivity contribution in [2.45, 2.75) is 86.8 Å². The summed E-state index contributed by atoms with van der Waals surface area (Å²) in [5.41, 5.74) is -1.47. The molecule has 4 aliphatic rings. The zero-order valence-corrected chi connectivity index (χ0v) is 26.5. The lowest BCUT2D eigenvalue weighted by atomic mass is 10.1. The van der Waals surface area contributed by atoms with Crippen molar-refractivity contribution in [3.8, 4) is 5.88 Å². The fourth-order valence-electron chi connectivity index (χ4n) is 6.39. The molecule has 2 aromatic rings. The second-order valence-electron chi connectivity index (χ2n) is 12.5. The van der Waals surface area contributed by atoms with Gasteiger partial charge in [-0.25, -0.2) is 18.2 Å². The molecule has 4 amide bonds. The lowest BCUT2D eigenvalue weighted by Gasteiger charge is -2.29. The van der Waals surface area contributed by atoms with Crippen molar-refractivity contribution in [3.05, 3.63) is 48.7 Å². The van der Waals surface area contributed by atoms with Crippen LogP contribution in [0.5, 0.6) is 5.88 Å². The van der Waals surface area contributed by atoms with Gasteiger partial charge >= 0.3 is 6.09 Å². The average molecular weight is 654 g/mol. The molecular formula is C32H39N5O8S. The first-order valence-electron chi connectivity index (χ1n) is 15.8. The molecule has 2 saturated carbocycles. The molecule has 1 saturated heterocycles. The van der Waals surface area contributed by atoms with Crippen molar-refractivity contribution in [2.24, 2.45) is 5.92 Å². The van der Waals surface area contributed by atoms with Gasteiger partial charge in [-0.15, -0.1) is 0 Å². The molecule has 5 atom stereocenters. The lowest BCUT2D eigenvalue weighted by molar-refractivity contribution is -0.141. The Morgan fingerprint density at radius 2 is 1.89 bits per heavy atom. The summed E-state index contributed by atoms with van der Waals surface area (Å²) in [6.07, 6.45) is 8.61. The molecule has 3 N–H and O–H groups in total. The van der Waals surface area contributed by atoms with Gasteiger partial charge in [0.05, 0.1) is 18.9 Å². The highest BCUT2D eigenvalue weighted by molar-refractivity contribution is 7.91. The number of methoxy groups -OCH3 is 1. The Balaban J connectivity index is 1.30. The third kappa shape index (κ3) is 6.67. The molecule has 1 aromatic heterocycles. The third-order valence-electron chi connectivity index (χ3n) is 9.24. The van der Waals surface area contributed by atoms with Crippen LogP contribution in [-0.2, 0) is 29.1 Å². The molecule has 14 heteroatoms. The fraction of sp³-hybridized carbons (Fsp3) is 0.531. The minimum atomic E-state index is -3.86. The molecule has 3 heterocycles. The van der Waals surface area contributed by atoms with Crippen LogP contribution in [0.1, 0.15) is 57.8 Å². The molecule has 1 aromatic carbocycles. The Kier molecular flexibility index (Phi) is 8.90. The van der Waals surface area contributed by atoms with Crippen LogP contribution >= 0.6 is 0 Å². The average Bonchev–Trinajstić information content (AvgIpc) is 3.96. The minimum Gasteiger partial charge on any atom is -0.472 e. The van der Waals surface area contributed by atoms with Gasteiger partial charge in [0.2, 0.25) is 27.7 Å². The normalized spacial score (nSPS) is 28.6. The van der Waals surface area contributed by atoms with E-state index >= 15 is 0 Å². The topological polar surface area (TPSA) is 173 Å². The van der Waals surface area contributed by atoms with Gasteiger partial charge in [0.1, 0.15) is 23.7 Å². The number of carbonyl (C=O) groups is 4. The van der Waals surface area contributed by atoms with E-state index in [4.69, 9.17) is 9.47 Å². The fourth-order valence-corrected chi connectivity index (χ4v) is 7.76. The van der Waals surface area contributed by atoms with Gasteiger partial charge < -0.3 is 25.0 Å². The first-order chi connectivity index (χ1) is 22.1. The van der Waals surface area contributed by atoms with Crippen molar-refractivity contribution >= 4 is 44.6 Å². The summed E-state index contributed by atoms with van der Waals surface area (Å²) in [7, 11) is -2.64. The number of rotatable bonds is 6. The zero-order chi connectivity index (χ0) is 32.5. The van der Waals surface area contributed by atoms with E-state index in [1.165, 1.54) is 12.0 Å². The third-order valence-corrected chi connectivity index (χ3v) is 11.1. The Bertz CT molecular complexity index is 1660. The number of carbonyl (C=O) groups excluding carboxylic acids is 4. The summed E-state index contributed by atoms with van der Waals surface area (Å²) in [5, 5.41) is 6.56. The standard InChI is InChI=1S/C32H39N5O8S/c1-44-31(41)34-25-12-6-4-2-3-5-10-21-18-32(21,30(40)36-46(42,43)23-13-14-23)35-27(38)26-17-22(19-37(26)29(25)39)45-28-24-11-8-7-9-20(24)15-16-33-28/h5,7-11,15-16,21-23,25-26H,2-4,6,12-14,17-19H2,1H3,(H,34,41)(H,35,38)(H,36,40)/t21?,22-,25+,26+,32-/m1/s1. The van der Waals surface area contributed by atoms with Gasteiger partial charge in [-0.1, -0.05) is 43.2 Å². The number of pyridine rings is 1. The predicted molar refractivity (Wildman–Crippen MR) is 167 cm³/mol. The summed E-state index contributed by atoms with van der Waals surface area (Å²) >= 11 is 0. The summed E-state index contributed by atoms with van der Waals surface area (Å²) in [6.45, 7) is 0.0275. The maximum atomic E-state index is 14.1. The molecule has 46 heavy (non-hydrogen) atoms. The second-order valence-corrected chi connectivity index (χ2v) is 14.5. The van der Waals surface area contributed by atoms with Gasteiger partial charge in [-0.3, -0.25) is 19.1 Å². The number of ether oxygens (including phenoxy) is 2. The quantitative estimate of drug-likeness (QED) is 0.396. The molecule has 1 unspecified atom stereocenters. The predicted octanol–water partition coefficient (Wildman–Crippen LogP) is 2.31. The SMILES string of the molecule is COC(=O)N[C@H]1CCCCCC=CC2C[C@@]2(C(=O)NS(=O)(=O)C2CC2)NC(=O)[C@@H]2C[C@@H](Oc3nccc4ccccc34)CN2C1=O. The number of nitrogens with one attached hydrogen (secondary N) is 3. The molecule has 3 fully saturated rings. The largest absolute Gasteiger partial charge is 0.472 e. The zero-order valence-electron chi connectivity index (χ0n) is 25.6. The summed E-state index contributed by atoms with van der Waals surface area (Å²) in [6, 6.07) is 7.41. The molecule has 246 valence electrons. The number of hydrogen-bond acceptors (Lipinski definition) is 9. The van der Waals surface area contributed by atoms with E-state index in [0.29, 0.717) is 38.0 Å². The Labute approximate surface area is 267 Å². The van der Waals surface area contributed by atoms with Crippen LogP contribution in [0.4, 0.5) is 4.79 Å². The molecular weight excluding hydrogens is 614 g/mol. The van der Waals surface area contributed by atoms with Gasteiger partial charge in [0.15, 0.2) is 0 Å². The second kappa shape index (κ2) is 12.9. The van der Waals surface area contributed by atoms with E-state index in [1.807, 2.05) is 42.5 Å². The van der Waals surface area contributed by atoms with Gasteiger partial charge in [0, 0.05) is 23.9 Å². The summed E-state index contributed by atoms with van der Waals surface area (Å²) < 4.78 is 38.7. The Hall–Kier alpha value is -4.20. The molecule has 2 aliphatic carbocycles. The van der Waals surface area contributed by atoms with Crippen molar-refractivity contribution < 1.29 is 37.1 Å². The van der Waals surface area contributed by atoms with Crippen molar-refractivity contribution in [2.75, 3.05) is 13.7 Å². The maximum absolute atomic E-state index is 14.1. The monoisotopic (exact) mass is 653 g/mol. The van der Waals surface area contributed by atoms with Gasteiger partial charge in [0.25, 0.3) is 5.91 Å². The first kappa shape index (κ1) is 31.8. The summed E-state index contributed by atoms with van der Waals surface area (Å²) in [4.78, 5) is 59.7. The van der Waals surface area contributed by atoms with E-state index < -0.39 is 68.7 Å². The van der Waals surface area contributed by atoms with Crippen LogP contribution in [0.3, 0.4) is 0 Å². The van der Waals surface area contributed by atoms with Crippen LogP contribution in [0.25, 0.3) is 10.8 Å². The molecule has 6 rings (SSSR count). The number of amides is 4. The molecule has 13 nitrogen and oxygen atoms in total. The van der Waals surface area contributed by atoms with Crippen LogP contribution in [0.2, 0.25) is 0 Å². The van der Waals surface area contributed by atoms with Crippen LogP contribution < -0.4 is 20.1 Å². The number of aromatic nitrogens is 1. The van der Waals surface area contributed by atoms with E-state index in [0.717, 1.165) is 23.6 Å². The highest BCUT2D eigenvalue weighted by Crippen LogP contribution is 2.46. The van der Waals surface area contributed by atoms with E-state index in [9.17, 15) is 27.6 Å². The van der Waals surface area contributed by atoms with Gasteiger partial charge in [-0.05, 0) is 56.0 Å². The lowest BCUT2D eigenvalue weighted by Crippen LogP contribution is -2.58. The smallest absolute Gasteiger partial charge is 0.407 e. The van der Waals surface area contributed by atoms with Crippen molar-refractivity contribution in [1.82, 2.24) is 25.2 Å². The number of benzene rings is 1. The molecule has 0 spiro atoms. The number of nitrogens with zero attached hydrogens (tertiary/aromatic N) is 2. The van der Waals surface area contributed by atoms with E-state index in [-0.39, 0.29) is 19.4 Å². The Morgan fingerprint density at radius 3 is 2.67 bits per heavy atom. The first-order valence-corrected chi connectivity index (χ1v) is 17.4. The molecule has 0 radical (unpaired) electrons. The number of fused-ring (bicyclic) bond motifs is 3. The van der Waals surface area contributed by atoms with Crippen LogP contribution in [-0.4, -0.2) is 84.7 Å². The molecule has 2 aliphatic heterocycles. The number of allylic oxidation sites excluding steroid dienone is 1. The van der Waals surface area contributed by atoms with Gasteiger partial charge in [-0.2, -0.15) is 0 Å². The van der Waals surface area contributed by atoms with Crippen LogP contribution in [0, 0.1) is 5.92 Å². The number of alkyl carbamates (subject to hydrolysis) is 1. The van der Waals surface area contributed by atoms with Crippen molar-refractivity contribution in [1.29, 1.82) is 0 Å². The highest BCUT2D eigenvalue weighted by atomic mass is 32.2. The molecule has 0 bridgehead atoms. The minimum absolute atomic E-state index is 0.0275. The maximum Gasteiger partial charge on any atom is 0.407 e. The van der Waals surface area contributed by atoms with E-state index in [2.05, 4.69) is 20.3 Å². The van der Waals surface area contributed by atoms with E-state index in [1.54, 1.807) is 6.20 Å². The highest BCUT2D eigenvalue weighted by Gasteiger charge is 2.62. The summed E-state index contributed by atoms with van der Waals surface area (Å²) in [5.74, 6) is -1.90. The van der Waals surface area contributed by atoms with Crippen molar-refractivity contribution in [3.63, 3.8) is 0 Å².